The van der Waals surface area contributed by atoms with Gasteiger partial charge >= 0.3 is 27.3 Å². The van der Waals surface area contributed by atoms with Gasteiger partial charge in [-0.1, -0.05) is 0 Å². The minimum atomic E-state index is 0. The van der Waals surface area contributed by atoms with Crippen LogP contribution in [0.3, 0.4) is 0 Å². The van der Waals surface area contributed by atoms with Crippen molar-refractivity contribution in [2.45, 2.75) is 25.7 Å². The molecule has 1 aromatic rings. The van der Waals surface area contributed by atoms with Crippen LogP contribution in [-0.4, -0.2) is 32.3 Å². The van der Waals surface area contributed by atoms with E-state index in [9.17, 15) is 4.79 Å². The summed E-state index contributed by atoms with van der Waals surface area (Å²) in [5.41, 5.74) is 2.38. The first kappa shape index (κ1) is 9.96. The van der Waals surface area contributed by atoms with Crippen LogP contribution < -0.4 is 5.43 Å². The van der Waals surface area contributed by atoms with Crippen LogP contribution in [0.4, 0.5) is 0 Å². The number of rotatable bonds is 0. The molecule has 0 unspecified atom stereocenters. The molecule has 2 rings (SSSR count). The normalized spacial score (nSPS) is 14.7. The Hall–Kier alpha value is -0.128. The number of aromatic amines is 1. The van der Waals surface area contributed by atoms with Crippen molar-refractivity contribution in [3.63, 3.8) is 0 Å². The third-order valence-corrected chi connectivity index (χ3v) is 2.26. The molecule has 0 amide bonds. The van der Waals surface area contributed by atoms with E-state index in [0.29, 0.717) is 0 Å². The molecule has 64 valence electrons. The van der Waals surface area contributed by atoms with Crippen molar-refractivity contribution in [3.8, 4) is 0 Å². The van der Waals surface area contributed by atoms with Crippen LogP contribution in [0.25, 0.3) is 0 Å². The molecule has 2 radical (unpaired) electrons. The summed E-state index contributed by atoms with van der Waals surface area (Å²) in [5.74, 6) is 0. The molecule has 0 bridgehead atoms. The van der Waals surface area contributed by atoms with Gasteiger partial charge in [-0.25, -0.2) is 0 Å². The Kier molecular flexibility index (Phi) is 3.49. The van der Waals surface area contributed by atoms with Crippen molar-refractivity contribution in [3.05, 3.63) is 33.7 Å². The van der Waals surface area contributed by atoms with Crippen LogP contribution in [0.5, 0.6) is 0 Å². The third kappa shape index (κ3) is 1.78. The predicted octanol–water partition coefficient (Wildman–Crippen LogP) is 0.337. The van der Waals surface area contributed by atoms with E-state index in [1.165, 1.54) is 12.8 Å². The van der Waals surface area contributed by atoms with E-state index in [1.54, 1.807) is 12.3 Å². The molecule has 0 aliphatic heterocycles. The Morgan fingerprint density at radius 2 is 2.00 bits per heavy atom. The second-order valence-corrected chi connectivity index (χ2v) is 3.01. The van der Waals surface area contributed by atoms with E-state index in [-0.39, 0.29) is 32.7 Å². The first-order valence-electron chi connectivity index (χ1n) is 4.07. The average Bonchev–Trinajstić information content (AvgIpc) is 2.06. The van der Waals surface area contributed by atoms with Crippen LogP contribution in [0.15, 0.2) is 17.1 Å². The van der Waals surface area contributed by atoms with Crippen LogP contribution in [0, 0.1) is 0 Å². The van der Waals surface area contributed by atoms with Gasteiger partial charge in [0.25, 0.3) is 0 Å². The van der Waals surface area contributed by atoms with Crippen molar-refractivity contribution in [2.24, 2.45) is 0 Å². The molecule has 2 nitrogen and oxygen atoms in total. The summed E-state index contributed by atoms with van der Waals surface area (Å²) in [5, 5.41) is 0. The van der Waals surface area contributed by atoms with E-state index in [0.717, 1.165) is 24.1 Å². The molecular formula is C9H13NOPb. The zero-order chi connectivity index (χ0) is 7.68. The Labute approximate surface area is 91.5 Å². The minimum absolute atomic E-state index is 0. The Balaban J connectivity index is 0.000000720. The zero-order valence-electron chi connectivity index (χ0n) is 7.10. The van der Waals surface area contributed by atoms with Gasteiger partial charge in [-0.3, -0.25) is 4.79 Å². The molecule has 0 atom stereocenters. The fourth-order valence-electron chi connectivity index (χ4n) is 1.66. The quantitative estimate of drug-likeness (QED) is 0.667. The molecule has 0 spiro atoms. The molecule has 12 heavy (non-hydrogen) atoms. The van der Waals surface area contributed by atoms with Crippen LogP contribution in [-0.2, 0) is 12.8 Å². The molecule has 1 aromatic heterocycles. The molecule has 0 aromatic carbocycles. The number of nitrogens with one attached hydrogen (secondary N) is 1. The first-order chi connectivity index (χ1) is 5.38. The Morgan fingerprint density at radius 1 is 1.25 bits per heavy atom. The summed E-state index contributed by atoms with van der Waals surface area (Å²) in [6.07, 6.45) is 6.14. The number of H-pyrrole nitrogens is 1. The summed E-state index contributed by atoms with van der Waals surface area (Å²) in [6.45, 7) is 0. The van der Waals surface area contributed by atoms with Gasteiger partial charge in [-0.05, 0) is 25.7 Å². The van der Waals surface area contributed by atoms with E-state index in [2.05, 4.69) is 4.98 Å². The summed E-state index contributed by atoms with van der Waals surface area (Å²) in [6, 6.07) is 1.62. The van der Waals surface area contributed by atoms with Gasteiger partial charge < -0.3 is 4.98 Å². The molecule has 0 fully saturated rings. The zero-order valence-corrected chi connectivity index (χ0v) is 12.6. The van der Waals surface area contributed by atoms with Crippen LogP contribution in [0.1, 0.15) is 24.1 Å². The maximum atomic E-state index is 11.2. The van der Waals surface area contributed by atoms with E-state index in [1.807, 2.05) is 0 Å². The molecule has 1 aliphatic carbocycles. The molecule has 0 saturated heterocycles. The summed E-state index contributed by atoms with van der Waals surface area (Å²) < 4.78 is 0. The third-order valence-electron chi connectivity index (χ3n) is 2.26. The Morgan fingerprint density at radius 3 is 2.75 bits per heavy atom. The van der Waals surface area contributed by atoms with Crippen molar-refractivity contribution < 1.29 is 0 Å². The van der Waals surface area contributed by atoms with Gasteiger partial charge in [0.1, 0.15) is 0 Å². The van der Waals surface area contributed by atoms with Crippen molar-refractivity contribution in [1.82, 2.24) is 4.98 Å². The van der Waals surface area contributed by atoms with E-state index >= 15 is 0 Å². The molecule has 1 heterocycles. The number of aryl methyl sites for hydroxylation is 1. The SMILES string of the molecule is O=c1cc[nH]c2c1CCCC2.[PbH2]. The fourth-order valence-corrected chi connectivity index (χ4v) is 1.66. The van der Waals surface area contributed by atoms with E-state index in [4.69, 9.17) is 0 Å². The molecule has 3 heteroatoms. The summed E-state index contributed by atoms with van der Waals surface area (Å²) >= 11 is 0. The second-order valence-electron chi connectivity index (χ2n) is 3.01. The van der Waals surface area contributed by atoms with Crippen LogP contribution in [0.2, 0.25) is 0 Å². The van der Waals surface area contributed by atoms with Crippen molar-refractivity contribution >= 4 is 27.3 Å². The molecule has 1 aliphatic rings. The summed E-state index contributed by atoms with van der Waals surface area (Å²) in [4.78, 5) is 14.4. The monoisotopic (exact) mass is 359 g/mol. The van der Waals surface area contributed by atoms with Gasteiger partial charge in [0.05, 0.1) is 0 Å². The maximum absolute atomic E-state index is 11.2. The molecule has 0 saturated carbocycles. The van der Waals surface area contributed by atoms with Gasteiger partial charge in [0, 0.05) is 23.5 Å². The topological polar surface area (TPSA) is 32.9 Å². The van der Waals surface area contributed by atoms with Crippen LogP contribution >= 0.6 is 0 Å². The van der Waals surface area contributed by atoms with Gasteiger partial charge in [-0.15, -0.1) is 0 Å². The van der Waals surface area contributed by atoms with Crippen molar-refractivity contribution in [2.75, 3.05) is 0 Å². The number of hydrogen-bond acceptors (Lipinski definition) is 1. The number of fused-ring (bicyclic) bond motifs is 1. The predicted molar refractivity (Wildman–Crippen MR) is 52.2 cm³/mol. The number of hydrogen-bond donors (Lipinski definition) is 1. The summed E-state index contributed by atoms with van der Waals surface area (Å²) in [7, 11) is 0. The standard InChI is InChI=1S/C9H11NO.Pb.2H/c11-9-5-6-10-8-4-2-1-3-7(8)9;;;/h5-6H,1-4H2,(H,10,11);;;. The van der Waals surface area contributed by atoms with E-state index < -0.39 is 0 Å². The molecular weight excluding hydrogens is 345 g/mol. The average molecular weight is 358 g/mol. The number of pyridine rings is 1. The first-order valence-corrected chi connectivity index (χ1v) is 4.07. The van der Waals surface area contributed by atoms with Crippen molar-refractivity contribution in [1.29, 1.82) is 0 Å². The second kappa shape index (κ2) is 4.21. The number of aromatic nitrogens is 1. The van der Waals surface area contributed by atoms with Gasteiger partial charge in [0.2, 0.25) is 0 Å². The Bertz CT molecular complexity index is 319. The fraction of sp³-hybridized carbons (Fsp3) is 0.444. The van der Waals surface area contributed by atoms with Gasteiger partial charge in [-0.2, -0.15) is 0 Å². The van der Waals surface area contributed by atoms with Gasteiger partial charge in [0.15, 0.2) is 5.43 Å². The molecule has 1 N–H and O–H groups in total.